The van der Waals surface area contributed by atoms with Gasteiger partial charge >= 0.3 is 6.09 Å². The van der Waals surface area contributed by atoms with Crippen LogP contribution in [0.4, 0.5) is 4.79 Å². The number of likely N-dealkylation sites (tertiary alicyclic amines) is 1. The van der Waals surface area contributed by atoms with Crippen molar-refractivity contribution in [3.63, 3.8) is 0 Å². The molecule has 0 aliphatic carbocycles. The number of amides is 1. The Balaban J connectivity index is 1.46. The zero-order chi connectivity index (χ0) is 17.9. The van der Waals surface area contributed by atoms with Crippen molar-refractivity contribution in [3.05, 3.63) is 65.0 Å². The molecule has 1 N–H and O–H groups in total. The molecule has 1 aromatic heterocycles. The van der Waals surface area contributed by atoms with Crippen molar-refractivity contribution in [3.8, 4) is 0 Å². The Morgan fingerprint density at radius 1 is 1.12 bits per heavy atom. The summed E-state index contributed by atoms with van der Waals surface area (Å²) >= 11 is 0. The van der Waals surface area contributed by atoms with Gasteiger partial charge in [-0.25, -0.2) is 4.79 Å². The number of carboxylic acid groups (broad SMARTS) is 1. The number of piperidine rings is 1. The van der Waals surface area contributed by atoms with Crippen LogP contribution in [0.1, 0.15) is 41.1 Å². The fourth-order valence-corrected chi connectivity index (χ4v) is 4.25. The fourth-order valence-electron chi connectivity index (χ4n) is 4.25. The van der Waals surface area contributed by atoms with Crippen LogP contribution < -0.4 is 0 Å². The van der Waals surface area contributed by atoms with E-state index < -0.39 is 6.09 Å². The summed E-state index contributed by atoms with van der Waals surface area (Å²) in [6.45, 7) is 4.23. The standard InChI is InChI=1S/C21H25N3O2/c25-21(26)24-12-7-17(8-13-24)20-19-9-11-23(15-18(19)6-10-22-20)14-16-4-2-1-3-5-16/h1-6,10,17H,7-9,11-15H2,(H,25,26). The predicted octanol–water partition coefficient (Wildman–Crippen LogP) is 3.50. The lowest BCUT2D eigenvalue weighted by atomic mass is 9.86. The van der Waals surface area contributed by atoms with E-state index in [1.165, 1.54) is 27.3 Å². The maximum absolute atomic E-state index is 11.1. The Morgan fingerprint density at radius 2 is 1.88 bits per heavy atom. The first kappa shape index (κ1) is 17.0. The van der Waals surface area contributed by atoms with Crippen molar-refractivity contribution in [1.29, 1.82) is 0 Å². The highest BCUT2D eigenvalue weighted by atomic mass is 16.4. The van der Waals surface area contributed by atoms with E-state index in [4.69, 9.17) is 10.1 Å². The van der Waals surface area contributed by atoms with Crippen molar-refractivity contribution in [2.24, 2.45) is 0 Å². The maximum Gasteiger partial charge on any atom is 0.407 e. The van der Waals surface area contributed by atoms with Gasteiger partial charge in [0, 0.05) is 50.5 Å². The molecule has 2 aromatic rings. The van der Waals surface area contributed by atoms with Gasteiger partial charge in [0.05, 0.1) is 0 Å². The van der Waals surface area contributed by atoms with E-state index in [1.54, 1.807) is 0 Å². The highest BCUT2D eigenvalue weighted by molar-refractivity contribution is 5.65. The third-order valence-corrected chi connectivity index (χ3v) is 5.66. The Kier molecular flexibility index (Phi) is 4.89. The Hall–Kier alpha value is -2.40. The van der Waals surface area contributed by atoms with Gasteiger partial charge in [-0.1, -0.05) is 30.3 Å². The van der Waals surface area contributed by atoms with Gasteiger partial charge in [0.15, 0.2) is 0 Å². The third kappa shape index (κ3) is 3.58. The average Bonchev–Trinajstić information content (AvgIpc) is 2.68. The molecule has 5 nitrogen and oxygen atoms in total. The molecule has 26 heavy (non-hydrogen) atoms. The van der Waals surface area contributed by atoms with Crippen LogP contribution in [0.2, 0.25) is 0 Å². The van der Waals surface area contributed by atoms with E-state index in [2.05, 4.69) is 41.3 Å². The number of rotatable bonds is 3. The monoisotopic (exact) mass is 351 g/mol. The smallest absolute Gasteiger partial charge is 0.407 e. The van der Waals surface area contributed by atoms with Crippen LogP contribution in [-0.2, 0) is 19.5 Å². The summed E-state index contributed by atoms with van der Waals surface area (Å²) in [5.41, 5.74) is 5.36. The van der Waals surface area contributed by atoms with Gasteiger partial charge < -0.3 is 10.0 Å². The van der Waals surface area contributed by atoms with Crippen molar-refractivity contribution in [2.75, 3.05) is 19.6 Å². The summed E-state index contributed by atoms with van der Waals surface area (Å²) in [6, 6.07) is 12.8. The highest BCUT2D eigenvalue weighted by Gasteiger charge is 2.28. The summed E-state index contributed by atoms with van der Waals surface area (Å²) < 4.78 is 0. The second-order valence-corrected chi connectivity index (χ2v) is 7.32. The Bertz CT molecular complexity index is 770. The van der Waals surface area contributed by atoms with Gasteiger partial charge in [0.25, 0.3) is 0 Å². The zero-order valence-corrected chi connectivity index (χ0v) is 15.0. The first-order valence-electron chi connectivity index (χ1n) is 9.41. The normalized spacial score (nSPS) is 18.5. The highest BCUT2D eigenvalue weighted by Crippen LogP contribution is 2.32. The minimum absolute atomic E-state index is 0.390. The van der Waals surface area contributed by atoms with E-state index in [1.807, 2.05) is 6.20 Å². The molecule has 0 atom stereocenters. The zero-order valence-electron chi connectivity index (χ0n) is 15.0. The van der Waals surface area contributed by atoms with Gasteiger partial charge in [-0.05, 0) is 42.0 Å². The molecule has 2 aliphatic heterocycles. The number of aromatic nitrogens is 1. The van der Waals surface area contributed by atoms with E-state index >= 15 is 0 Å². The summed E-state index contributed by atoms with van der Waals surface area (Å²) in [5, 5.41) is 9.14. The fraction of sp³-hybridized carbons (Fsp3) is 0.429. The van der Waals surface area contributed by atoms with Gasteiger partial charge in [-0.3, -0.25) is 9.88 Å². The van der Waals surface area contributed by atoms with Crippen molar-refractivity contribution < 1.29 is 9.90 Å². The molecule has 1 fully saturated rings. The van der Waals surface area contributed by atoms with Crippen LogP contribution >= 0.6 is 0 Å². The quantitative estimate of drug-likeness (QED) is 0.920. The molecule has 4 rings (SSSR count). The maximum atomic E-state index is 11.1. The second kappa shape index (κ2) is 7.46. The number of carbonyl (C=O) groups is 1. The number of hydrogen-bond acceptors (Lipinski definition) is 3. The van der Waals surface area contributed by atoms with Crippen molar-refractivity contribution in [1.82, 2.24) is 14.8 Å². The van der Waals surface area contributed by atoms with Gasteiger partial charge in [-0.15, -0.1) is 0 Å². The minimum atomic E-state index is -0.803. The molecule has 2 aliphatic rings. The summed E-state index contributed by atoms with van der Waals surface area (Å²) in [6.07, 6.45) is 3.92. The Labute approximate surface area is 154 Å². The molecule has 0 spiro atoms. The second-order valence-electron chi connectivity index (χ2n) is 7.32. The van der Waals surface area contributed by atoms with Gasteiger partial charge in [0.2, 0.25) is 0 Å². The molecule has 1 aromatic carbocycles. The first-order chi connectivity index (χ1) is 12.7. The Morgan fingerprint density at radius 3 is 2.62 bits per heavy atom. The van der Waals surface area contributed by atoms with E-state index in [0.29, 0.717) is 19.0 Å². The van der Waals surface area contributed by atoms with Crippen molar-refractivity contribution >= 4 is 6.09 Å². The van der Waals surface area contributed by atoms with E-state index in [9.17, 15) is 4.79 Å². The molecule has 3 heterocycles. The first-order valence-corrected chi connectivity index (χ1v) is 9.41. The van der Waals surface area contributed by atoms with E-state index in [-0.39, 0.29) is 0 Å². The molecule has 0 bridgehead atoms. The number of nitrogens with zero attached hydrogens (tertiary/aromatic N) is 3. The average molecular weight is 351 g/mol. The molecule has 5 heteroatoms. The van der Waals surface area contributed by atoms with Crippen LogP contribution in [-0.4, -0.2) is 45.6 Å². The number of benzene rings is 1. The van der Waals surface area contributed by atoms with Crippen LogP contribution in [0.3, 0.4) is 0 Å². The third-order valence-electron chi connectivity index (χ3n) is 5.66. The molecular weight excluding hydrogens is 326 g/mol. The number of fused-ring (bicyclic) bond motifs is 1. The minimum Gasteiger partial charge on any atom is -0.465 e. The SMILES string of the molecule is O=C(O)N1CCC(c2nccc3c2CCN(Cc2ccccc2)C3)CC1. The lowest BCUT2D eigenvalue weighted by Crippen LogP contribution is -2.37. The van der Waals surface area contributed by atoms with Crippen LogP contribution in [0, 0.1) is 0 Å². The van der Waals surface area contributed by atoms with Crippen LogP contribution in [0.5, 0.6) is 0 Å². The van der Waals surface area contributed by atoms with Crippen LogP contribution in [0.25, 0.3) is 0 Å². The van der Waals surface area contributed by atoms with E-state index in [0.717, 1.165) is 38.9 Å². The molecule has 0 radical (unpaired) electrons. The molecular formula is C21H25N3O2. The molecule has 1 amide bonds. The molecule has 1 saturated heterocycles. The summed E-state index contributed by atoms with van der Waals surface area (Å²) in [7, 11) is 0. The van der Waals surface area contributed by atoms with Crippen molar-refractivity contribution in [2.45, 2.75) is 38.3 Å². The van der Waals surface area contributed by atoms with Gasteiger partial charge in [-0.2, -0.15) is 0 Å². The predicted molar refractivity (Wildman–Crippen MR) is 100 cm³/mol. The molecule has 0 unspecified atom stereocenters. The van der Waals surface area contributed by atoms with Gasteiger partial charge in [0.1, 0.15) is 0 Å². The number of hydrogen-bond donors (Lipinski definition) is 1. The topological polar surface area (TPSA) is 56.7 Å². The molecule has 136 valence electrons. The van der Waals surface area contributed by atoms with Crippen LogP contribution in [0.15, 0.2) is 42.6 Å². The lowest BCUT2D eigenvalue weighted by Gasteiger charge is -2.34. The number of pyridine rings is 1. The largest absolute Gasteiger partial charge is 0.465 e. The molecule has 0 saturated carbocycles. The lowest BCUT2D eigenvalue weighted by molar-refractivity contribution is 0.131. The summed E-state index contributed by atoms with van der Waals surface area (Å²) in [5.74, 6) is 0.390. The summed E-state index contributed by atoms with van der Waals surface area (Å²) in [4.78, 5) is 19.8.